The number of aromatic nitrogens is 2. The minimum absolute atomic E-state index is 0.0906. The van der Waals surface area contributed by atoms with Gasteiger partial charge in [-0.3, -0.25) is 9.36 Å². The summed E-state index contributed by atoms with van der Waals surface area (Å²) >= 11 is 0. The number of nitrogens with zero attached hydrogens (tertiary/aromatic N) is 2. The van der Waals surface area contributed by atoms with Crippen LogP contribution in [0.2, 0.25) is 0 Å². The largest absolute Gasteiger partial charge is 0.273 e. The van der Waals surface area contributed by atoms with Gasteiger partial charge >= 0.3 is 0 Å². The fraction of sp³-hybridized carbons (Fsp3) is 0.391. The third-order valence-electron chi connectivity index (χ3n) is 4.88. The lowest BCUT2D eigenvalue weighted by molar-refractivity contribution is 0.0968. The van der Waals surface area contributed by atoms with Crippen molar-refractivity contribution in [2.75, 3.05) is 0 Å². The lowest BCUT2D eigenvalue weighted by Gasteiger charge is -2.32. The summed E-state index contributed by atoms with van der Waals surface area (Å²) in [5.74, 6) is -0.0906. The number of allylic oxidation sites excluding steroid dienone is 10. The van der Waals surface area contributed by atoms with E-state index < -0.39 is 0 Å². The molecular formula is C23H30N2O. The zero-order valence-corrected chi connectivity index (χ0v) is 16.6. The summed E-state index contributed by atoms with van der Waals surface area (Å²) in [5.41, 5.74) is 5.35. The van der Waals surface area contributed by atoms with Crippen LogP contribution < -0.4 is 0 Å². The summed E-state index contributed by atoms with van der Waals surface area (Å²) in [6.45, 7) is 10.9. The topological polar surface area (TPSA) is 34.9 Å². The van der Waals surface area contributed by atoms with Crippen LogP contribution in [-0.4, -0.2) is 15.5 Å². The molecule has 1 aromatic heterocycles. The van der Waals surface area contributed by atoms with E-state index in [1.165, 1.54) is 46.9 Å². The molecule has 0 atom stereocenters. The van der Waals surface area contributed by atoms with Gasteiger partial charge in [0.05, 0.1) is 0 Å². The second-order valence-corrected chi connectivity index (χ2v) is 7.73. The average molecular weight is 351 g/mol. The summed E-state index contributed by atoms with van der Waals surface area (Å²) in [5, 5.41) is 0. The van der Waals surface area contributed by atoms with E-state index in [0.717, 1.165) is 5.57 Å². The number of rotatable bonds is 5. The molecule has 0 saturated heterocycles. The van der Waals surface area contributed by atoms with Crippen LogP contribution in [0.5, 0.6) is 0 Å². The molecule has 26 heavy (non-hydrogen) atoms. The van der Waals surface area contributed by atoms with Crippen LogP contribution >= 0.6 is 0 Å². The van der Waals surface area contributed by atoms with Crippen molar-refractivity contribution in [3.8, 4) is 0 Å². The van der Waals surface area contributed by atoms with Gasteiger partial charge in [-0.1, -0.05) is 55.4 Å². The Kier molecular flexibility index (Phi) is 6.73. The molecule has 1 aliphatic carbocycles. The monoisotopic (exact) mass is 350 g/mol. The van der Waals surface area contributed by atoms with Crippen molar-refractivity contribution in [3.05, 3.63) is 77.5 Å². The third kappa shape index (κ3) is 5.55. The van der Waals surface area contributed by atoms with Crippen molar-refractivity contribution in [1.29, 1.82) is 0 Å². The summed E-state index contributed by atoms with van der Waals surface area (Å²) in [7, 11) is 0. The smallest absolute Gasteiger partial charge is 0.256 e. The van der Waals surface area contributed by atoms with Crippen LogP contribution in [0.1, 0.15) is 58.7 Å². The Hall–Kier alpha value is -2.42. The van der Waals surface area contributed by atoms with Gasteiger partial charge in [0, 0.05) is 18.5 Å². The first-order valence-corrected chi connectivity index (χ1v) is 9.23. The molecule has 0 bridgehead atoms. The van der Waals surface area contributed by atoms with Crippen molar-refractivity contribution in [3.63, 3.8) is 0 Å². The maximum atomic E-state index is 12.0. The number of carbonyl (C=O) groups excluding carboxylic acids is 1. The van der Waals surface area contributed by atoms with Gasteiger partial charge in [0.2, 0.25) is 0 Å². The summed E-state index contributed by atoms with van der Waals surface area (Å²) in [6.07, 6.45) is 20.6. The first kappa shape index (κ1) is 19.9. The Bertz CT molecular complexity index is 784. The predicted molar refractivity (Wildman–Crippen MR) is 109 cm³/mol. The molecule has 0 fully saturated rings. The molecule has 0 N–H and O–H groups in total. The van der Waals surface area contributed by atoms with Crippen molar-refractivity contribution < 1.29 is 4.79 Å². The molecule has 1 aromatic rings. The van der Waals surface area contributed by atoms with Gasteiger partial charge in [-0.2, -0.15) is 0 Å². The number of carbonyl (C=O) groups is 1. The minimum atomic E-state index is -0.0906. The highest BCUT2D eigenvalue weighted by Gasteiger charge is 2.26. The second kappa shape index (κ2) is 8.79. The van der Waals surface area contributed by atoms with E-state index in [2.05, 4.69) is 50.9 Å². The van der Waals surface area contributed by atoms with E-state index in [4.69, 9.17) is 0 Å². The first-order valence-electron chi connectivity index (χ1n) is 9.23. The molecule has 0 aromatic carbocycles. The van der Waals surface area contributed by atoms with Gasteiger partial charge in [-0.15, -0.1) is 0 Å². The van der Waals surface area contributed by atoms with E-state index in [9.17, 15) is 4.79 Å². The molecule has 3 heteroatoms. The number of imidazole rings is 1. The predicted octanol–water partition coefficient (Wildman–Crippen LogP) is 6.05. The Morgan fingerprint density at radius 3 is 2.65 bits per heavy atom. The SMILES string of the molecule is CC(C=CC1=C(C)CCCC1(C)C)=CC=CC(C)=CC(=O)n1ccnc1. The van der Waals surface area contributed by atoms with E-state index in [0.29, 0.717) is 0 Å². The Morgan fingerprint density at radius 2 is 2.00 bits per heavy atom. The van der Waals surface area contributed by atoms with Gasteiger partial charge in [0.25, 0.3) is 5.91 Å². The summed E-state index contributed by atoms with van der Waals surface area (Å²) in [6, 6.07) is 0. The van der Waals surface area contributed by atoms with E-state index in [1.54, 1.807) is 18.5 Å². The zero-order valence-electron chi connectivity index (χ0n) is 16.6. The van der Waals surface area contributed by atoms with Crippen LogP contribution in [0, 0.1) is 5.41 Å². The average Bonchev–Trinajstić information content (AvgIpc) is 3.08. The summed E-state index contributed by atoms with van der Waals surface area (Å²) < 4.78 is 1.46. The molecule has 0 spiro atoms. The molecule has 2 rings (SSSR count). The lowest BCUT2D eigenvalue weighted by atomic mass is 9.72. The van der Waals surface area contributed by atoms with Crippen LogP contribution in [0.4, 0.5) is 0 Å². The molecule has 138 valence electrons. The zero-order chi connectivity index (χ0) is 19.2. The van der Waals surface area contributed by atoms with Gasteiger partial charge < -0.3 is 0 Å². The van der Waals surface area contributed by atoms with Crippen LogP contribution in [0.25, 0.3) is 0 Å². The normalized spacial score (nSPS) is 19.0. The molecule has 0 unspecified atom stereocenters. The standard InChI is InChI=1S/C23H30N2O/c1-18(11-12-21-20(3)10-7-13-23(21,4)5)8-6-9-19(2)16-22(26)25-15-14-24-17-25/h6,8-9,11-12,14-17H,7,10,13H2,1-5H3. The fourth-order valence-corrected chi connectivity index (χ4v) is 3.34. The molecule has 0 amide bonds. The van der Waals surface area contributed by atoms with Gasteiger partial charge in [0.1, 0.15) is 6.33 Å². The molecule has 1 heterocycles. The van der Waals surface area contributed by atoms with E-state index in [-0.39, 0.29) is 11.3 Å². The van der Waals surface area contributed by atoms with Crippen LogP contribution in [0.15, 0.2) is 77.5 Å². The molecule has 0 saturated carbocycles. The van der Waals surface area contributed by atoms with Crippen LogP contribution in [0.3, 0.4) is 0 Å². The van der Waals surface area contributed by atoms with Gasteiger partial charge in [-0.05, 0) is 56.6 Å². The number of hydrogen-bond acceptors (Lipinski definition) is 2. The van der Waals surface area contributed by atoms with Gasteiger partial charge in [-0.25, -0.2) is 4.98 Å². The fourth-order valence-electron chi connectivity index (χ4n) is 3.34. The van der Waals surface area contributed by atoms with Gasteiger partial charge in [0.15, 0.2) is 0 Å². The highest BCUT2D eigenvalue weighted by atomic mass is 16.1. The molecule has 0 aliphatic heterocycles. The van der Waals surface area contributed by atoms with Crippen LogP contribution in [-0.2, 0) is 0 Å². The number of hydrogen-bond donors (Lipinski definition) is 0. The first-order chi connectivity index (χ1) is 12.3. The van der Waals surface area contributed by atoms with Crippen molar-refractivity contribution in [1.82, 2.24) is 9.55 Å². The highest BCUT2D eigenvalue weighted by Crippen LogP contribution is 2.40. The van der Waals surface area contributed by atoms with Crippen molar-refractivity contribution in [2.24, 2.45) is 5.41 Å². The highest BCUT2D eigenvalue weighted by molar-refractivity contribution is 5.90. The Labute approximate surface area is 157 Å². The van der Waals surface area contributed by atoms with Crippen molar-refractivity contribution in [2.45, 2.75) is 53.9 Å². The van der Waals surface area contributed by atoms with E-state index in [1.807, 2.05) is 19.1 Å². The third-order valence-corrected chi connectivity index (χ3v) is 4.88. The molecular weight excluding hydrogens is 320 g/mol. The molecule has 3 nitrogen and oxygen atoms in total. The quantitative estimate of drug-likeness (QED) is 0.478. The maximum absolute atomic E-state index is 12.0. The van der Waals surface area contributed by atoms with E-state index >= 15 is 0 Å². The Morgan fingerprint density at radius 1 is 1.23 bits per heavy atom. The molecule has 1 aliphatic rings. The minimum Gasteiger partial charge on any atom is -0.273 e. The summed E-state index contributed by atoms with van der Waals surface area (Å²) in [4.78, 5) is 15.8. The Balaban J connectivity index is 2.01. The lowest BCUT2D eigenvalue weighted by Crippen LogP contribution is -2.19. The second-order valence-electron chi connectivity index (χ2n) is 7.73. The maximum Gasteiger partial charge on any atom is 0.256 e. The molecule has 0 radical (unpaired) electrons. The van der Waals surface area contributed by atoms with Crippen molar-refractivity contribution >= 4 is 5.91 Å².